The molecule has 0 saturated heterocycles. The summed E-state index contributed by atoms with van der Waals surface area (Å²) in [5.74, 6) is 0. The highest BCUT2D eigenvalue weighted by atomic mass is 28.4. The second kappa shape index (κ2) is 9.86. The summed E-state index contributed by atoms with van der Waals surface area (Å²) in [5, 5.41) is 0. The van der Waals surface area contributed by atoms with Gasteiger partial charge in [-0.2, -0.15) is 0 Å². The number of allylic oxidation sites excluding steroid dienone is 1. The molecule has 0 heterocycles. The summed E-state index contributed by atoms with van der Waals surface area (Å²) < 4.78 is 12.7. The molecular weight excluding hydrogens is 300 g/mol. The van der Waals surface area contributed by atoms with Crippen molar-refractivity contribution in [2.45, 2.75) is 52.6 Å². The molecule has 0 atom stereocenters. The number of benzene rings is 1. The summed E-state index contributed by atoms with van der Waals surface area (Å²) in [6.45, 7) is 14.3. The highest BCUT2D eigenvalue weighted by molar-refractivity contribution is 6.70. The fourth-order valence-electron chi connectivity index (χ4n) is 2.64. The van der Waals surface area contributed by atoms with Gasteiger partial charge in [-0.05, 0) is 30.5 Å². The van der Waals surface area contributed by atoms with E-state index in [0.717, 1.165) is 0 Å². The van der Waals surface area contributed by atoms with Crippen LogP contribution in [0.1, 0.15) is 47.1 Å². The Bertz CT molecular complexity index is 492. The highest BCUT2D eigenvalue weighted by Gasteiger charge is 2.44. The lowest BCUT2D eigenvalue weighted by atomic mass is 10.2. The Hall–Kier alpha value is -1.16. The largest absolute Gasteiger partial charge is 0.390 e. The van der Waals surface area contributed by atoms with Crippen molar-refractivity contribution < 1.29 is 8.85 Å². The highest BCUT2D eigenvalue weighted by Crippen LogP contribution is 2.34. The lowest BCUT2D eigenvalue weighted by Gasteiger charge is -2.37. The van der Waals surface area contributed by atoms with Crippen LogP contribution < -0.4 is 0 Å². The molecule has 0 unspecified atom stereocenters. The second-order valence-electron chi connectivity index (χ2n) is 6.75. The Morgan fingerprint density at radius 3 is 2.04 bits per heavy atom. The minimum Gasteiger partial charge on any atom is -0.390 e. The van der Waals surface area contributed by atoms with Gasteiger partial charge in [-0.3, -0.25) is 0 Å². The van der Waals surface area contributed by atoms with E-state index in [2.05, 4.69) is 71.9 Å². The molecule has 0 N–H and O–H groups in total. The van der Waals surface area contributed by atoms with E-state index in [1.807, 2.05) is 18.2 Å². The van der Waals surface area contributed by atoms with Gasteiger partial charge in [-0.25, -0.2) is 0 Å². The zero-order valence-corrected chi connectivity index (χ0v) is 16.5. The third-order valence-electron chi connectivity index (χ3n) is 3.93. The molecule has 0 saturated carbocycles. The molecule has 0 aromatic heterocycles. The fraction of sp³-hybridized carbons (Fsp3) is 0.500. The molecule has 2 nitrogen and oxygen atoms in total. The first-order valence-electron chi connectivity index (χ1n) is 8.51. The molecule has 1 rings (SSSR count). The van der Waals surface area contributed by atoms with Gasteiger partial charge in [0.05, 0.1) is 13.2 Å². The maximum Gasteiger partial charge on any atom is 0.343 e. The number of rotatable bonds is 9. The number of hydrogen-bond donors (Lipinski definition) is 0. The lowest BCUT2D eigenvalue weighted by molar-refractivity contribution is 0.183. The molecule has 0 radical (unpaired) electrons. The molecule has 0 bridgehead atoms. The Morgan fingerprint density at radius 2 is 1.52 bits per heavy atom. The summed E-state index contributed by atoms with van der Waals surface area (Å²) >= 11 is 0. The van der Waals surface area contributed by atoms with Gasteiger partial charge in [0.25, 0.3) is 0 Å². The maximum absolute atomic E-state index is 6.36. The van der Waals surface area contributed by atoms with Crippen LogP contribution in [0.15, 0.2) is 48.1 Å². The minimum absolute atomic E-state index is 0.415. The van der Waals surface area contributed by atoms with Crippen molar-refractivity contribution in [3.05, 3.63) is 53.6 Å². The predicted octanol–water partition coefficient (Wildman–Crippen LogP) is 5.96. The molecule has 0 spiro atoms. The summed E-state index contributed by atoms with van der Waals surface area (Å²) in [6, 6.07) is 10.3. The van der Waals surface area contributed by atoms with E-state index in [9.17, 15) is 0 Å². The molecule has 23 heavy (non-hydrogen) atoms. The van der Waals surface area contributed by atoms with Crippen molar-refractivity contribution in [1.29, 1.82) is 0 Å². The standard InChI is InChI=1S/C20H32O2Si/c1-17(2)14-16-22-23(18(3)4,19(5)6)21-15-10-13-20-11-8-7-9-12-20/h7-14,18-19H,15-16H2,1-6H3/b13-10+. The Balaban J connectivity index is 2.72. The summed E-state index contributed by atoms with van der Waals surface area (Å²) in [4.78, 5) is 0. The van der Waals surface area contributed by atoms with Gasteiger partial charge in [0.15, 0.2) is 0 Å². The third-order valence-corrected chi connectivity index (χ3v) is 8.38. The zero-order chi connectivity index (χ0) is 17.3. The SMILES string of the molecule is CC(C)=CCO[Si](OC/C=C/c1ccccc1)(C(C)C)C(C)C. The van der Waals surface area contributed by atoms with Crippen LogP contribution in [-0.4, -0.2) is 21.8 Å². The van der Waals surface area contributed by atoms with Crippen LogP contribution in [0.4, 0.5) is 0 Å². The first-order chi connectivity index (χ1) is 10.9. The van der Waals surface area contributed by atoms with Crippen LogP contribution in [0.3, 0.4) is 0 Å². The first kappa shape index (κ1) is 19.9. The molecule has 1 aromatic carbocycles. The molecule has 0 aliphatic heterocycles. The van der Waals surface area contributed by atoms with Crippen molar-refractivity contribution in [3.63, 3.8) is 0 Å². The molecule has 0 aliphatic rings. The number of hydrogen-bond acceptors (Lipinski definition) is 2. The van der Waals surface area contributed by atoms with E-state index >= 15 is 0 Å². The van der Waals surface area contributed by atoms with Crippen LogP contribution in [0.5, 0.6) is 0 Å². The van der Waals surface area contributed by atoms with E-state index < -0.39 is 8.56 Å². The van der Waals surface area contributed by atoms with E-state index in [4.69, 9.17) is 8.85 Å². The van der Waals surface area contributed by atoms with Crippen LogP contribution in [0.2, 0.25) is 11.1 Å². The third kappa shape index (κ3) is 6.46. The van der Waals surface area contributed by atoms with Gasteiger partial charge in [0.2, 0.25) is 0 Å². The van der Waals surface area contributed by atoms with Crippen LogP contribution >= 0.6 is 0 Å². The smallest absolute Gasteiger partial charge is 0.343 e. The summed E-state index contributed by atoms with van der Waals surface area (Å²) in [6.07, 6.45) is 6.33. The van der Waals surface area contributed by atoms with Crippen molar-refractivity contribution in [2.75, 3.05) is 13.2 Å². The Kier molecular flexibility index (Phi) is 8.52. The average Bonchev–Trinajstić information content (AvgIpc) is 2.49. The molecule has 0 amide bonds. The van der Waals surface area contributed by atoms with Gasteiger partial charge in [-0.15, -0.1) is 0 Å². The van der Waals surface area contributed by atoms with Gasteiger partial charge in [0, 0.05) is 0 Å². The zero-order valence-electron chi connectivity index (χ0n) is 15.5. The van der Waals surface area contributed by atoms with Gasteiger partial charge in [0.1, 0.15) is 0 Å². The second-order valence-corrected chi connectivity index (χ2v) is 11.1. The topological polar surface area (TPSA) is 18.5 Å². The summed E-state index contributed by atoms with van der Waals surface area (Å²) in [7, 11) is -2.25. The molecule has 0 aliphatic carbocycles. The van der Waals surface area contributed by atoms with Gasteiger partial charge in [-0.1, -0.05) is 81.8 Å². The normalized spacial score (nSPS) is 12.3. The minimum atomic E-state index is -2.25. The Morgan fingerprint density at radius 1 is 0.957 bits per heavy atom. The fourth-order valence-corrected chi connectivity index (χ4v) is 6.09. The lowest BCUT2D eigenvalue weighted by Crippen LogP contribution is -2.48. The molecule has 1 aromatic rings. The monoisotopic (exact) mass is 332 g/mol. The summed E-state index contributed by atoms with van der Waals surface area (Å²) in [5.41, 5.74) is 3.31. The van der Waals surface area contributed by atoms with Crippen molar-refractivity contribution in [1.82, 2.24) is 0 Å². The van der Waals surface area contributed by atoms with Gasteiger partial charge >= 0.3 is 8.56 Å². The van der Waals surface area contributed by atoms with Gasteiger partial charge < -0.3 is 8.85 Å². The predicted molar refractivity (Wildman–Crippen MR) is 103 cm³/mol. The van der Waals surface area contributed by atoms with E-state index in [-0.39, 0.29) is 0 Å². The van der Waals surface area contributed by atoms with Crippen molar-refractivity contribution >= 4 is 14.6 Å². The van der Waals surface area contributed by atoms with Crippen LogP contribution in [-0.2, 0) is 8.85 Å². The maximum atomic E-state index is 6.36. The Labute approximate surface area is 143 Å². The van der Waals surface area contributed by atoms with Crippen LogP contribution in [0.25, 0.3) is 6.08 Å². The molecule has 3 heteroatoms. The molecule has 128 valence electrons. The van der Waals surface area contributed by atoms with Crippen molar-refractivity contribution in [2.24, 2.45) is 0 Å². The first-order valence-corrected chi connectivity index (χ1v) is 10.5. The molecule has 0 fully saturated rings. The average molecular weight is 333 g/mol. The quantitative estimate of drug-likeness (QED) is 0.410. The van der Waals surface area contributed by atoms with E-state index in [0.29, 0.717) is 24.3 Å². The van der Waals surface area contributed by atoms with Crippen LogP contribution in [0, 0.1) is 0 Å². The molecular formula is C20H32O2Si. The van der Waals surface area contributed by atoms with Crippen molar-refractivity contribution in [3.8, 4) is 0 Å². The van der Waals surface area contributed by atoms with E-state index in [1.54, 1.807) is 0 Å². The van der Waals surface area contributed by atoms with E-state index in [1.165, 1.54) is 11.1 Å².